The first-order valence-electron chi connectivity index (χ1n) is 10.3. The molecular formula is C25H30N2O2. The molecule has 1 aliphatic heterocycles. The van der Waals surface area contributed by atoms with E-state index in [-0.39, 0.29) is 6.04 Å². The van der Waals surface area contributed by atoms with Crippen molar-refractivity contribution in [3.8, 4) is 11.5 Å². The van der Waals surface area contributed by atoms with Gasteiger partial charge in [0.1, 0.15) is 0 Å². The van der Waals surface area contributed by atoms with Gasteiger partial charge in [0.05, 0.1) is 20.3 Å². The number of hydrogen-bond donors (Lipinski definition) is 0. The van der Waals surface area contributed by atoms with Crippen molar-refractivity contribution in [2.24, 2.45) is 0 Å². The van der Waals surface area contributed by atoms with Gasteiger partial charge in [-0.25, -0.2) is 0 Å². The van der Waals surface area contributed by atoms with Crippen LogP contribution < -0.4 is 9.47 Å². The molecule has 1 atom stereocenters. The highest BCUT2D eigenvalue weighted by Gasteiger charge is 2.29. The predicted octanol–water partition coefficient (Wildman–Crippen LogP) is 5.12. The summed E-state index contributed by atoms with van der Waals surface area (Å²) in [5.74, 6) is 1.61. The Bertz CT molecular complexity index is 992. The minimum absolute atomic E-state index is 0.211. The van der Waals surface area contributed by atoms with E-state index >= 15 is 0 Å². The van der Waals surface area contributed by atoms with E-state index < -0.39 is 0 Å². The maximum atomic E-state index is 5.72. The summed E-state index contributed by atoms with van der Waals surface area (Å²) in [4.78, 5) is 2.58. The number of nitrogens with zero attached hydrogens (tertiary/aromatic N) is 2. The quantitative estimate of drug-likeness (QED) is 0.605. The molecule has 0 unspecified atom stereocenters. The van der Waals surface area contributed by atoms with Crippen molar-refractivity contribution in [3.63, 3.8) is 0 Å². The number of fused-ring (bicyclic) bond motifs is 1. The zero-order chi connectivity index (χ0) is 20.4. The lowest BCUT2D eigenvalue weighted by Gasteiger charge is -2.32. The maximum absolute atomic E-state index is 5.72. The van der Waals surface area contributed by atoms with Crippen LogP contribution in [-0.4, -0.2) is 30.2 Å². The minimum Gasteiger partial charge on any atom is -0.493 e. The van der Waals surface area contributed by atoms with Crippen LogP contribution in [0, 0.1) is 13.8 Å². The van der Waals surface area contributed by atoms with Crippen molar-refractivity contribution >= 4 is 0 Å². The van der Waals surface area contributed by atoms with Crippen molar-refractivity contribution in [2.75, 3.05) is 20.8 Å². The molecule has 152 valence electrons. The molecule has 1 aromatic heterocycles. The van der Waals surface area contributed by atoms with E-state index in [1.54, 1.807) is 14.2 Å². The number of aromatic nitrogens is 1. The molecule has 0 aliphatic carbocycles. The molecule has 4 nitrogen and oxygen atoms in total. The monoisotopic (exact) mass is 390 g/mol. The molecule has 0 radical (unpaired) electrons. The van der Waals surface area contributed by atoms with E-state index in [0.29, 0.717) is 0 Å². The molecule has 0 N–H and O–H groups in total. The van der Waals surface area contributed by atoms with Crippen molar-refractivity contribution in [3.05, 3.63) is 82.7 Å². The fraction of sp³-hybridized carbons (Fsp3) is 0.360. The van der Waals surface area contributed by atoms with Gasteiger partial charge in [-0.1, -0.05) is 35.9 Å². The third-order valence-corrected chi connectivity index (χ3v) is 5.94. The van der Waals surface area contributed by atoms with Gasteiger partial charge in [-0.2, -0.15) is 0 Å². The Labute approximate surface area is 173 Å². The molecule has 0 bridgehead atoms. The summed E-state index contributed by atoms with van der Waals surface area (Å²) in [7, 11) is 3.41. The number of ether oxygens (including phenoxy) is 2. The summed E-state index contributed by atoms with van der Waals surface area (Å²) in [5, 5.41) is 0. The van der Waals surface area contributed by atoms with Crippen molar-refractivity contribution in [1.82, 2.24) is 9.47 Å². The summed E-state index contributed by atoms with van der Waals surface area (Å²) in [6.07, 6.45) is 3.33. The number of hydrogen-bond acceptors (Lipinski definition) is 3. The number of benzene rings is 2. The van der Waals surface area contributed by atoms with Crippen LogP contribution >= 0.6 is 0 Å². The molecule has 29 heavy (non-hydrogen) atoms. The lowest BCUT2D eigenvalue weighted by molar-refractivity contribution is 0.216. The van der Waals surface area contributed by atoms with E-state index in [2.05, 4.69) is 65.9 Å². The normalized spacial score (nSPS) is 16.9. The first-order valence-corrected chi connectivity index (χ1v) is 10.3. The Hall–Kier alpha value is -2.72. The highest BCUT2D eigenvalue weighted by molar-refractivity contribution is 5.47. The van der Waals surface area contributed by atoms with Crippen molar-refractivity contribution in [2.45, 2.75) is 39.4 Å². The topological polar surface area (TPSA) is 26.6 Å². The average Bonchev–Trinajstić information content (AvgIpc) is 3.11. The molecule has 0 saturated carbocycles. The molecule has 1 aliphatic rings. The van der Waals surface area contributed by atoms with Gasteiger partial charge in [-0.15, -0.1) is 0 Å². The van der Waals surface area contributed by atoms with E-state index in [9.17, 15) is 0 Å². The highest BCUT2D eigenvalue weighted by atomic mass is 16.5. The summed E-state index contributed by atoms with van der Waals surface area (Å²) >= 11 is 0. The van der Waals surface area contributed by atoms with Crippen LogP contribution in [0.5, 0.6) is 11.5 Å². The van der Waals surface area contributed by atoms with Crippen LogP contribution in [0.2, 0.25) is 0 Å². The van der Waals surface area contributed by atoms with Crippen molar-refractivity contribution in [1.29, 1.82) is 0 Å². The Morgan fingerprint density at radius 2 is 1.83 bits per heavy atom. The molecule has 4 heteroatoms. The summed E-state index contributed by atoms with van der Waals surface area (Å²) in [6.45, 7) is 7.28. The first-order chi connectivity index (χ1) is 14.1. The van der Waals surface area contributed by atoms with Gasteiger partial charge in [0.2, 0.25) is 0 Å². The van der Waals surface area contributed by atoms with Gasteiger partial charge >= 0.3 is 0 Å². The fourth-order valence-corrected chi connectivity index (χ4v) is 4.52. The maximum Gasteiger partial charge on any atom is 0.165 e. The fourth-order valence-electron chi connectivity index (χ4n) is 4.52. The van der Waals surface area contributed by atoms with Gasteiger partial charge in [-0.05, 0) is 49.6 Å². The lowest BCUT2D eigenvalue weighted by atomic mass is 9.95. The van der Waals surface area contributed by atoms with Crippen LogP contribution in [0.3, 0.4) is 0 Å². The van der Waals surface area contributed by atoms with Crippen LogP contribution in [0.4, 0.5) is 0 Å². The molecule has 2 aromatic carbocycles. The van der Waals surface area contributed by atoms with Crippen LogP contribution in [0.15, 0.2) is 54.7 Å². The molecule has 0 saturated heterocycles. The van der Waals surface area contributed by atoms with Gasteiger partial charge in [-0.3, -0.25) is 4.90 Å². The molecule has 2 heterocycles. The highest BCUT2D eigenvalue weighted by Crippen LogP contribution is 2.38. The lowest BCUT2D eigenvalue weighted by Crippen LogP contribution is -2.30. The van der Waals surface area contributed by atoms with Crippen LogP contribution in [0.25, 0.3) is 0 Å². The second-order valence-electron chi connectivity index (χ2n) is 7.87. The van der Waals surface area contributed by atoms with Crippen LogP contribution in [0.1, 0.15) is 40.4 Å². The largest absolute Gasteiger partial charge is 0.493 e. The van der Waals surface area contributed by atoms with Gasteiger partial charge < -0.3 is 14.0 Å². The second-order valence-corrected chi connectivity index (χ2v) is 7.87. The Morgan fingerprint density at radius 3 is 2.62 bits per heavy atom. The van der Waals surface area contributed by atoms with Gasteiger partial charge in [0.25, 0.3) is 0 Å². The molecule has 4 rings (SSSR count). The molecule has 0 fully saturated rings. The molecule has 0 amide bonds. The van der Waals surface area contributed by atoms with Crippen molar-refractivity contribution < 1.29 is 9.47 Å². The summed E-state index contributed by atoms with van der Waals surface area (Å²) < 4.78 is 13.7. The Morgan fingerprint density at radius 1 is 0.966 bits per heavy atom. The zero-order valence-corrected chi connectivity index (χ0v) is 17.8. The third-order valence-electron chi connectivity index (χ3n) is 5.94. The number of para-hydroxylation sites is 1. The first kappa shape index (κ1) is 19.6. The minimum atomic E-state index is 0.211. The average molecular weight is 391 g/mol. The Kier molecular flexibility index (Phi) is 5.63. The number of methoxy groups -OCH3 is 2. The van der Waals surface area contributed by atoms with Crippen LogP contribution in [-0.2, 0) is 13.1 Å². The predicted molar refractivity (Wildman–Crippen MR) is 117 cm³/mol. The van der Waals surface area contributed by atoms with Gasteiger partial charge in [0.15, 0.2) is 11.5 Å². The number of aryl methyl sites for hydroxylation is 3. The number of rotatable bonds is 5. The summed E-state index contributed by atoms with van der Waals surface area (Å²) in [6, 6.07) is 17.6. The van der Waals surface area contributed by atoms with E-state index in [1.165, 1.54) is 22.4 Å². The molecule has 0 spiro atoms. The standard InChI is InChI=1S/C25H30N2O2/c1-18-11-12-19(2)21(16-18)24-22-9-6-13-26(22)14-7-15-27(24)17-20-8-5-10-23(28-3)25(20)29-4/h5-6,8-13,16,24H,7,14-15,17H2,1-4H3/t24-/m1/s1. The van der Waals surface area contributed by atoms with Gasteiger partial charge in [0, 0.05) is 37.1 Å². The van der Waals surface area contributed by atoms with E-state index in [4.69, 9.17) is 9.47 Å². The van der Waals surface area contributed by atoms with E-state index in [1.807, 2.05) is 12.1 Å². The third kappa shape index (κ3) is 3.77. The SMILES string of the molecule is COc1cccc(CN2CCCn3cccc3[C@H]2c2cc(C)ccc2C)c1OC. The Balaban J connectivity index is 1.80. The second kappa shape index (κ2) is 8.34. The van der Waals surface area contributed by atoms with E-state index in [0.717, 1.165) is 43.1 Å². The molecule has 3 aromatic rings. The zero-order valence-electron chi connectivity index (χ0n) is 17.8. The smallest absolute Gasteiger partial charge is 0.165 e. The summed E-state index contributed by atoms with van der Waals surface area (Å²) in [5.41, 5.74) is 6.53. The molecular weight excluding hydrogens is 360 g/mol.